The van der Waals surface area contributed by atoms with Gasteiger partial charge in [-0.05, 0) is 49.2 Å². The minimum atomic E-state index is -0.134. The maximum Gasteiger partial charge on any atom is 0.234 e. The summed E-state index contributed by atoms with van der Waals surface area (Å²) in [5.74, 6) is 0.0976. The van der Waals surface area contributed by atoms with Crippen LogP contribution in [-0.2, 0) is 4.79 Å². The third kappa shape index (κ3) is 5.68. The molecule has 5 nitrogen and oxygen atoms in total. The number of halogens is 2. The van der Waals surface area contributed by atoms with E-state index < -0.39 is 0 Å². The van der Waals surface area contributed by atoms with E-state index in [9.17, 15) is 4.79 Å². The van der Waals surface area contributed by atoms with Crippen molar-refractivity contribution in [1.82, 2.24) is 10.2 Å². The summed E-state index contributed by atoms with van der Waals surface area (Å²) < 4.78 is 1.70. The van der Waals surface area contributed by atoms with Crippen molar-refractivity contribution < 1.29 is 4.79 Å². The molecule has 2 N–H and O–H groups in total. The molecule has 0 aliphatic heterocycles. The average molecular weight is 484 g/mol. The molecule has 0 saturated carbocycles. The van der Waals surface area contributed by atoms with Crippen LogP contribution in [0.25, 0.3) is 0 Å². The molecule has 0 spiro atoms. The van der Waals surface area contributed by atoms with E-state index in [1.165, 1.54) is 23.1 Å². The summed E-state index contributed by atoms with van der Waals surface area (Å²) in [6.07, 6.45) is 0. The van der Waals surface area contributed by atoms with Gasteiger partial charge in [-0.3, -0.25) is 4.79 Å². The van der Waals surface area contributed by atoms with Crippen molar-refractivity contribution >= 4 is 73.0 Å². The summed E-state index contributed by atoms with van der Waals surface area (Å²) in [7, 11) is 0. The topological polar surface area (TPSA) is 66.9 Å². The number of aryl methyl sites for hydroxylation is 2. The zero-order chi connectivity index (χ0) is 19.4. The highest BCUT2D eigenvalue weighted by Crippen LogP contribution is 2.30. The highest BCUT2D eigenvalue weighted by atomic mass is 79.9. The summed E-state index contributed by atoms with van der Waals surface area (Å²) in [5.41, 5.74) is 3.57. The van der Waals surface area contributed by atoms with Gasteiger partial charge in [0.05, 0.1) is 16.5 Å². The molecular formula is C18H16BrClN4OS2. The number of carbonyl (C=O) groups excluding carboxylic acids is 1. The minimum absolute atomic E-state index is 0.134. The van der Waals surface area contributed by atoms with Crippen LogP contribution in [0.15, 0.2) is 45.2 Å². The lowest BCUT2D eigenvalue weighted by Crippen LogP contribution is -2.15. The maximum absolute atomic E-state index is 12.3. The molecule has 1 amide bonds. The van der Waals surface area contributed by atoms with Crippen LogP contribution in [0.2, 0.25) is 5.02 Å². The Kier molecular flexibility index (Phi) is 6.75. The second-order valence-corrected chi connectivity index (χ2v) is 9.31. The van der Waals surface area contributed by atoms with Gasteiger partial charge in [-0.1, -0.05) is 62.8 Å². The summed E-state index contributed by atoms with van der Waals surface area (Å²) >= 11 is 12.4. The molecule has 0 aliphatic carbocycles. The van der Waals surface area contributed by atoms with Gasteiger partial charge in [0.15, 0.2) is 4.34 Å². The summed E-state index contributed by atoms with van der Waals surface area (Å²) in [6, 6.07) is 11.6. The molecule has 27 heavy (non-hydrogen) atoms. The lowest BCUT2D eigenvalue weighted by Gasteiger charge is -2.11. The van der Waals surface area contributed by atoms with Gasteiger partial charge in [0.1, 0.15) is 0 Å². The van der Waals surface area contributed by atoms with Crippen molar-refractivity contribution in [2.45, 2.75) is 18.2 Å². The third-order valence-corrected chi connectivity index (χ3v) is 6.27. The van der Waals surface area contributed by atoms with E-state index in [1.807, 2.05) is 50.2 Å². The standard InChI is InChI=1S/C18H16BrClN4OS2/c1-10-6-11(2)16(14(20)7-10)22-15(25)9-26-18-24-23-17(27-18)21-13-5-3-4-12(19)8-13/h3-8H,9H2,1-2H3,(H,21,23)(H,22,25). The first-order chi connectivity index (χ1) is 12.9. The van der Waals surface area contributed by atoms with Crippen molar-refractivity contribution in [2.24, 2.45) is 0 Å². The summed E-state index contributed by atoms with van der Waals surface area (Å²) in [5, 5.41) is 15.5. The summed E-state index contributed by atoms with van der Waals surface area (Å²) in [6.45, 7) is 3.89. The smallest absolute Gasteiger partial charge is 0.234 e. The van der Waals surface area contributed by atoms with E-state index >= 15 is 0 Å². The van der Waals surface area contributed by atoms with Gasteiger partial charge < -0.3 is 10.6 Å². The number of nitrogens with one attached hydrogen (secondary N) is 2. The predicted molar refractivity (Wildman–Crippen MR) is 118 cm³/mol. The van der Waals surface area contributed by atoms with Crippen molar-refractivity contribution in [3.63, 3.8) is 0 Å². The van der Waals surface area contributed by atoms with Crippen molar-refractivity contribution in [3.05, 3.63) is 57.0 Å². The number of anilines is 3. The number of thioether (sulfide) groups is 1. The largest absolute Gasteiger partial charge is 0.330 e. The Morgan fingerprint density at radius 1 is 1.26 bits per heavy atom. The first-order valence-electron chi connectivity index (χ1n) is 7.96. The number of benzene rings is 2. The van der Waals surface area contributed by atoms with Crippen LogP contribution in [-0.4, -0.2) is 21.9 Å². The van der Waals surface area contributed by atoms with Gasteiger partial charge in [0.2, 0.25) is 11.0 Å². The predicted octanol–water partition coefficient (Wildman–Crippen LogP) is 6.05. The molecule has 0 saturated heterocycles. The van der Waals surface area contributed by atoms with Gasteiger partial charge in [-0.2, -0.15) is 0 Å². The number of aromatic nitrogens is 2. The van der Waals surface area contributed by atoms with E-state index in [0.717, 1.165) is 25.6 Å². The molecule has 0 atom stereocenters. The van der Waals surface area contributed by atoms with Gasteiger partial charge >= 0.3 is 0 Å². The van der Waals surface area contributed by atoms with Crippen molar-refractivity contribution in [1.29, 1.82) is 0 Å². The van der Waals surface area contributed by atoms with Crippen LogP contribution in [0.3, 0.4) is 0 Å². The lowest BCUT2D eigenvalue weighted by atomic mass is 10.1. The van der Waals surface area contributed by atoms with Crippen LogP contribution in [0.5, 0.6) is 0 Å². The van der Waals surface area contributed by atoms with Crippen molar-refractivity contribution in [3.8, 4) is 0 Å². The molecule has 0 bridgehead atoms. The third-order valence-electron chi connectivity index (χ3n) is 3.51. The second kappa shape index (κ2) is 9.05. The van der Waals surface area contributed by atoms with Crippen LogP contribution < -0.4 is 10.6 Å². The fourth-order valence-electron chi connectivity index (χ4n) is 2.39. The van der Waals surface area contributed by atoms with Gasteiger partial charge in [-0.15, -0.1) is 10.2 Å². The van der Waals surface area contributed by atoms with Crippen LogP contribution >= 0.6 is 50.6 Å². The van der Waals surface area contributed by atoms with E-state index in [2.05, 4.69) is 36.8 Å². The van der Waals surface area contributed by atoms with Crippen LogP contribution in [0.4, 0.5) is 16.5 Å². The highest BCUT2D eigenvalue weighted by Gasteiger charge is 2.12. The Morgan fingerprint density at radius 3 is 2.81 bits per heavy atom. The van der Waals surface area contributed by atoms with E-state index in [-0.39, 0.29) is 11.7 Å². The number of hydrogen-bond acceptors (Lipinski definition) is 6. The van der Waals surface area contributed by atoms with Crippen LogP contribution in [0.1, 0.15) is 11.1 Å². The zero-order valence-corrected chi connectivity index (χ0v) is 18.5. The molecule has 1 heterocycles. The Labute approximate surface area is 179 Å². The molecule has 3 aromatic rings. The molecule has 0 fully saturated rings. The van der Waals surface area contributed by atoms with E-state index in [4.69, 9.17) is 11.6 Å². The fourth-order valence-corrected chi connectivity index (χ4v) is 4.72. The normalized spacial score (nSPS) is 10.7. The molecule has 0 aliphatic rings. The monoisotopic (exact) mass is 482 g/mol. The van der Waals surface area contributed by atoms with Gasteiger partial charge in [-0.25, -0.2) is 0 Å². The van der Waals surface area contributed by atoms with Crippen LogP contribution in [0, 0.1) is 13.8 Å². The van der Waals surface area contributed by atoms with Gasteiger partial charge in [0, 0.05) is 10.2 Å². The summed E-state index contributed by atoms with van der Waals surface area (Å²) in [4.78, 5) is 12.3. The number of nitrogens with zero attached hydrogens (tertiary/aromatic N) is 2. The molecule has 9 heteroatoms. The SMILES string of the molecule is Cc1cc(C)c(NC(=O)CSc2nnc(Nc3cccc(Br)c3)s2)c(Cl)c1. The first kappa shape index (κ1) is 20.1. The Hall–Kier alpha value is -1.61. The molecule has 2 aromatic carbocycles. The Morgan fingerprint density at radius 2 is 2.07 bits per heavy atom. The van der Waals surface area contributed by atoms with Gasteiger partial charge in [0.25, 0.3) is 0 Å². The fraction of sp³-hybridized carbons (Fsp3) is 0.167. The number of carbonyl (C=O) groups is 1. The Bertz CT molecular complexity index is 956. The lowest BCUT2D eigenvalue weighted by molar-refractivity contribution is -0.113. The molecular weight excluding hydrogens is 468 g/mol. The molecule has 0 radical (unpaired) electrons. The first-order valence-corrected chi connectivity index (χ1v) is 10.9. The van der Waals surface area contributed by atoms with E-state index in [0.29, 0.717) is 15.8 Å². The number of hydrogen-bond donors (Lipinski definition) is 2. The number of amides is 1. The average Bonchev–Trinajstić information content (AvgIpc) is 3.03. The van der Waals surface area contributed by atoms with Crippen molar-refractivity contribution in [2.75, 3.05) is 16.4 Å². The Balaban J connectivity index is 1.56. The molecule has 1 aromatic heterocycles. The second-order valence-electron chi connectivity index (χ2n) is 5.78. The molecule has 0 unspecified atom stereocenters. The quantitative estimate of drug-likeness (QED) is 0.418. The van der Waals surface area contributed by atoms with E-state index in [1.54, 1.807) is 0 Å². The highest BCUT2D eigenvalue weighted by molar-refractivity contribution is 9.10. The number of rotatable bonds is 6. The molecule has 140 valence electrons. The molecule has 3 rings (SSSR count). The maximum atomic E-state index is 12.3. The zero-order valence-electron chi connectivity index (χ0n) is 14.5. The minimum Gasteiger partial charge on any atom is -0.330 e.